The van der Waals surface area contributed by atoms with E-state index in [2.05, 4.69) is 20.4 Å². The summed E-state index contributed by atoms with van der Waals surface area (Å²) >= 11 is 0. The van der Waals surface area contributed by atoms with Crippen molar-refractivity contribution >= 4 is 45.8 Å². The summed E-state index contributed by atoms with van der Waals surface area (Å²) in [7, 11) is 0. The predicted octanol–water partition coefficient (Wildman–Crippen LogP) is 4.75. The molecular formula is C25H19FN6O. The number of aromatic nitrogens is 3. The van der Waals surface area contributed by atoms with Crippen LogP contribution in [0.3, 0.4) is 0 Å². The van der Waals surface area contributed by atoms with Gasteiger partial charge in [0.15, 0.2) is 5.65 Å². The summed E-state index contributed by atoms with van der Waals surface area (Å²) in [6, 6.07) is 20.6. The Bertz CT molecular complexity index is 1520. The average Bonchev–Trinajstić information content (AvgIpc) is 3.09. The molecule has 1 amide bonds. The minimum absolute atomic E-state index is 0.100. The molecule has 8 heteroatoms. The first-order valence-electron chi connectivity index (χ1n) is 10.2. The van der Waals surface area contributed by atoms with Crippen molar-refractivity contribution in [3.05, 3.63) is 95.3 Å². The SMILES string of the molecule is Cc1ccc(NC(=O)c2c(N)n(/N=C\c3ccc(F)cc3)c3nc4ccccc4nc23)cc1. The lowest BCUT2D eigenvalue weighted by molar-refractivity contribution is 0.102. The van der Waals surface area contributed by atoms with Crippen molar-refractivity contribution in [2.75, 3.05) is 11.1 Å². The lowest BCUT2D eigenvalue weighted by Gasteiger charge is -2.06. The van der Waals surface area contributed by atoms with Gasteiger partial charge >= 0.3 is 0 Å². The van der Waals surface area contributed by atoms with E-state index >= 15 is 0 Å². The third kappa shape index (κ3) is 3.89. The molecule has 7 nitrogen and oxygen atoms in total. The van der Waals surface area contributed by atoms with E-state index < -0.39 is 5.91 Å². The Morgan fingerprint density at radius 3 is 2.36 bits per heavy atom. The Balaban J connectivity index is 1.65. The normalized spacial score (nSPS) is 11.5. The second-order valence-corrected chi connectivity index (χ2v) is 7.57. The van der Waals surface area contributed by atoms with E-state index in [1.165, 1.54) is 23.0 Å². The van der Waals surface area contributed by atoms with E-state index in [0.717, 1.165) is 5.56 Å². The van der Waals surface area contributed by atoms with E-state index in [9.17, 15) is 9.18 Å². The largest absolute Gasteiger partial charge is 0.383 e. The van der Waals surface area contributed by atoms with Gasteiger partial charge in [-0.3, -0.25) is 4.79 Å². The van der Waals surface area contributed by atoms with Gasteiger partial charge in [-0.15, -0.1) is 0 Å². The molecule has 3 aromatic carbocycles. The van der Waals surface area contributed by atoms with Crippen LogP contribution < -0.4 is 11.1 Å². The number of aryl methyl sites for hydroxylation is 1. The number of carbonyl (C=O) groups excluding carboxylic acids is 1. The van der Waals surface area contributed by atoms with Gasteiger partial charge in [0.1, 0.15) is 22.7 Å². The summed E-state index contributed by atoms with van der Waals surface area (Å²) in [6.07, 6.45) is 1.52. The molecule has 5 aromatic rings. The van der Waals surface area contributed by atoms with Crippen LogP contribution in [0, 0.1) is 12.7 Å². The van der Waals surface area contributed by atoms with Gasteiger partial charge in [0, 0.05) is 5.69 Å². The van der Waals surface area contributed by atoms with Gasteiger partial charge in [-0.2, -0.15) is 9.78 Å². The maximum atomic E-state index is 13.2. The molecule has 0 radical (unpaired) electrons. The van der Waals surface area contributed by atoms with Crippen molar-refractivity contribution in [1.82, 2.24) is 14.6 Å². The van der Waals surface area contributed by atoms with Gasteiger partial charge < -0.3 is 11.1 Å². The van der Waals surface area contributed by atoms with Crippen LogP contribution in [-0.2, 0) is 0 Å². The number of anilines is 2. The number of rotatable bonds is 4. The van der Waals surface area contributed by atoms with Crippen molar-refractivity contribution in [3.8, 4) is 0 Å². The van der Waals surface area contributed by atoms with Crippen LogP contribution in [0.1, 0.15) is 21.5 Å². The number of hydrogen-bond acceptors (Lipinski definition) is 5. The van der Waals surface area contributed by atoms with E-state index in [1.54, 1.807) is 12.1 Å². The highest BCUT2D eigenvalue weighted by atomic mass is 19.1. The highest BCUT2D eigenvalue weighted by molar-refractivity contribution is 6.16. The number of fused-ring (bicyclic) bond motifs is 2. The molecule has 33 heavy (non-hydrogen) atoms. The van der Waals surface area contributed by atoms with Crippen LogP contribution in [0.4, 0.5) is 15.9 Å². The van der Waals surface area contributed by atoms with Crippen molar-refractivity contribution in [1.29, 1.82) is 0 Å². The van der Waals surface area contributed by atoms with Crippen LogP contribution in [0.5, 0.6) is 0 Å². The lowest BCUT2D eigenvalue weighted by Crippen LogP contribution is -2.14. The predicted molar refractivity (Wildman–Crippen MR) is 128 cm³/mol. The molecule has 0 unspecified atom stereocenters. The Morgan fingerprint density at radius 2 is 1.67 bits per heavy atom. The van der Waals surface area contributed by atoms with E-state index in [1.807, 2.05) is 55.5 Å². The molecule has 2 aromatic heterocycles. The number of benzene rings is 3. The topological polar surface area (TPSA) is 98.2 Å². The maximum absolute atomic E-state index is 13.2. The van der Waals surface area contributed by atoms with Crippen molar-refractivity contribution in [2.45, 2.75) is 6.92 Å². The fourth-order valence-corrected chi connectivity index (χ4v) is 3.49. The zero-order valence-electron chi connectivity index (χ0n) is 17.7. The van der Waals surface area contributed by atoms with Gasteiger partial charge in [-0.05, 0) is 48.9 Å². The molecule has 162 valence electrons. The smallest absolute Gasteiger partial charge is 0.261 e. The molecule has 0 atom stereocenters. The molecule has 3 N–H and O–H groups in total. The first-order valence-corrected chi connectivity index (χ1v) is 10.2. The van der Waals surface area contributed by atoms with Crippen LogP contribution in [0.2, 0.25) is 0 Å². The second kappa shape index (κ2) is 8.16. The summed E-state index contributed by atoms with van der Waals surface area (Å²) < 4.78 is 14.6. The standard InChI is InChI=1S/C25H19FN6O/c1-15-6-12-18(13-7-15)29-25(33)21-22-24(31-20-5-3-2-4-19(20)30-22)32(23(21)27)28-14-16-8-10-17(26)11-9-16/h2-14H,27H2,1H3,(H,29,33)/b28-14-. The number of nitrogens with zero attached hydrogens (tertiary/aromatic N) is 4. The number of amides is 1. The number of carbonyl (C=O) groups is 1. The molecule has 5 rings (SSSR count). The highest BCUT2D eigenvalue weighted by Crippen LogP contribution is 2.28. The first kappa shape index (κ1) is 20.3. The zero-order valence-corrected chi connectivity index (χ0v) is 17.7. The van der Waals surface area contributed by atoms with Crippen molar-refractivity contribution < 1.29 is 9.18 Å². The van der Waals surface area contributed by atoms with Crippen LogP contribution in [0.25, 0.3) is 22.2 Å². The summed E-state index contributed by atoms with van der Waals surface area (Å²) in [5, 5.41) is 7.29. The number of nitrogens with two attached hydrogens (primary N) is 1. The van der Waals surface area contributed by atoms with Gasteiger partial charge in [0.05, 0.1) is 17.2 Å². The Kier molecular flexibility index (Phi) is 5.02. The monoisotopic (exact) mass is 438 g/mol. The van der Waals surface area contributed by atoms with E-state index in [0.29, 0.717) is 33.4 Å². The molecule has 0 bridgehead atoms. The maximum Gasteiger partial charge on any atom is 0.261 e. The van der Waals surface area contributed by atoms with Crippen molar-refractivity contribution in [2.24, 2.45) is 5.10 Å². The highest BCUT2D eigenvalue weighted by Gasteiger charge is 2.24. The van der Waals surface area contributed by atoms with Gasteiger partial charge in [-0.25, -0.2) is 14.4 Å². The molecule has 0 aliphatic carbocycles. The average molecular weight is 438 g/mol. The minimum atomic E-state index is -0.415. The van der Waals surface area contributed by atoms with Gasteiger partial charge in [0.2, 0.25) is 0 Å². The summed E-state index contributed by atoms with van der Waals surface area (Å²) in [6.45, 7) is 1.97. The van der Waals surface area contributed by atoms with Gasteiger partial charge in [-0.1, -0.05) is 42.0 Å². The molecule has 0 saturated heterocycles. The van der Waals surface area contributed by atoms with Crippen LogP contribution in [0.15, 0.2) is 77.9 Å². The quantitative estimate of drug-likeness (QED) is 0.396. The number of para-hydroxylation sites is 2. The Hall–Kier alpha value is -4.59. The van der Waals surface area contributed by atoms with Crippen LogP contribution in [-0.4, -0.2) is 26.8 Å². The number of nitrogen functional groups attached to an aromatic ring is 1. The third-order valence-electron chi connectivity index (χ3n) is 5.20. The summed E-state index contributed by atoms with van der Waals surface area (Å²) in [5.74, 6) is -0.657. The summed E-state index contributed by atoms with van der Waals surface area (Å²) in [4.78, 5) is 22.5. The number of halogens is 1. The summed E-state index contributed by atoms with van der Waals surface area (Å²) in [5.41, 5.74) is 10.9. The molecule has 0 spiro atoms. The fraction of sp³-hybridized carbons (Fsp3) is 0.0400. The van der Waals surface area contributed by atoms with Gasteiger partial charge in [0.25, 0.3) is 5.91 Å². The number of nitrogens with one attached hydrogen (secondary N) is 1. The molecule has 0 aliphatic heterocycles. The second-order valence-electron chi connectivity index (χ2n) is 7.57. The molecule has 0 fully saturated rings. The zero-order chi connectivity index (χ0) is 22.9. The third-order valence-corrected chi connectivity index (χ3v) is 5.20. The first-order chi connectivity index (χ1) is 16.0. The molecule has 0 saturated carbocycles. The Labute approximate surface area is 188 Å². The molecule has 2 heterocycles. The Morgan fingerprint density at radius 1 is 1.00 bits per heavy atom. The van der Waals surface area contributed by atoms with E-state index in [-0.39, 0.29) is 17.2 Å². The van der Waals surface area contributed by atoms with E-state index in [4.69, 9.17) is 5.73 Å². The fourth-order valence-electron chi connectivity index (χ4n) is 3.49. The van der Waals surface area contributed by atoms with Crippen molar-refractivity contribution in [3.63, 3.8) is 0 Å². The van der Waals surface area contributed by atoms with Crippen LogP contribution >= 0.6 is 0 Å². The molecule has 0 aliphatic rings. The lowest BCUT2D eigenvalue weighted by atomic mass is 10.2. The molecular weight excluding hydrogens is 419 g/mol. The number of hydrogen-bond donors (Lipinski definition) is 2. The minimum Gasteiger partial charge on any atom is -0.383 e.